The first-order chi connectivity index (χ1) is 7.79. The number of rotatable bonds is 3. The number of benzene rings is 1. The van der Waals surface area contributed by atoms with Crippen LogP contribution in [0.3, 0.4) is 0 Å². The number of aromatic nitrogens is 2. The van der Waals surface area contributed by atoms with Gasteiger partial charge in [0.2, 0.25) is 0 Å². The zero-order chi connectivity index (χ0) is 11.4. The highest BCUT2D eigenvalue weighted by atomic mass is 19.1. The van der Waals surface area contributed by atoms with Gasteiger partial charge < -0.3 is 5.32 Å². The van der Waals surface area contributed by atoms with Gasteiger partial charge in [0, 0.05) is 12.1 Å². The van der Waals surface area contributed by atoms with E-state index in [2.05, 4.69) is 15.5 Å². The van der Waals surface area contributed by atoms with E-state index < -0.39 is 0 Å². The molecule has 0 aliphatic carbocycles. The molecule has 0 atom stereocenters. The smallest absolute Gasteiger partial charge is 0.148 e. The molecule has 0 aliphatic heterocycles. The second kappa shape index (κ2) is 4.70. The van der Waals surface area contributed by atoms with E-state index in [1.54, 1.807) is 12.1 Å². The van der Waals surface area contributed by atoms with E-state index in [4.69, 9.17) is 0 Å². The largest absolute Gasteiger partial charge is 0.369 e. The van der Waals surface area contributed by atoms with E-state index in [0.717, 1.165) is 17.9 Å². The van der Waals surface area contributed by atoms with Crippen LogP contribution in [0.15, 0.2) is 36.4 Å². The summed E-state index contributed by atoms with van der Waals surface area (Å²) in [6, 6.07) is 9.96. The van der Waals surface area contributed by atoms with E-state index in [9.17, 15) is 4.39 Å². The first-order valence-electron chi connectivity index (χ1n) is 5.13. The van der Waals surface area contributed by atoms with Gasteiger partial charge in [0.25, 0.3) is 0 Å². The minimum absolute atomic E-state index is 0.268. The van der Waals surface area contributed by atoms with Crippen molar-refractivity contribution in [2.45, 2.75) is 6.92 Å². The summed E-state index contributed by atoms with van der Waals surface area (Å²) in [5.41, 5.74) is 1.40. The van der Waals surface area contributed by atoms with Crippen molar-refractivity contribution in [3.8, 4) is 11.3 Å². The van der Waals surface area contributed by atoms with E-state index in [1.165, 1.54) is 12.1 Å². The number of halogens is 1. The molecule has 2 aromatic rings. The lowest BCUT2D eigenvalue weighted by molar-refractivity contribution is 0.628. The molecule has 0 radical (unpaired) electrons. The molecular weight excluding hydrogens is 205 g/mol. The topological polar surface area (TPSA) is 37.8 Å². The summed E-state index contributed by atoms with van der Waals surface area (Å²) < 4.78 is 13.0. The van der Waals surface area contributed by atoms with E-state index >= 15 is 0 Å². The van der Waals surface area contributed by atoms with Crippen LogP contribution in [0.4, 0.5) is 10.2 Å². The predicted molar refractivity (Wildman–Crippen MR) is 61.6 cm³/mol. The van der Waals surface area contributed by atoms with Crippen molar-refractivity contribution < 1.29 is 4.39 Å². The van der Waals surface area contributed by atoms with E-state index in [0.29, 0.717) is 5.69 Å². The Kier molecular flexibility index (Phi) is 3.10. The zero-order valence-electron chi connectivity index (χ0n) is 8.94. The van der Waals surface area contributed by atoms with Gasteiger partial charge in [-0.2, -0.15) is 0 Å². The van der Waals surface area contributed by atoms with Gasteiger partial charge in [-0.15, -0.1) is 10.2 Å². The molecule has 1 aromatic heterocycles. The number of hydrogen-bond donors (Lipinski definition) is 1. The Bertz CT molecular complexity index is 468. The molecule has 1 aromatic carbocycles. The van der Waals surface area contributed by atoms with Crippen LogP contribution in [0.25, 0.3) is 11.3 Å². The Balaban J connectivity index is 2.27. The monoisotopic (exact) mass is 217 g/mol. The van der Waals surface area contributed by atoms with Crippen molar-refractivity contribution in [3.05, 3.63) is 42.2 Å². The minimum atomic E-state index is -0.268. The fraction of sp³-hybridized carbons (Fsp3) is 0.167. The fourth-order valence-corrected chi connectivity index (χ4v) is 1.41. The lowest BCUT2D eigenvalue weighted by atomic mass is 10.1. The molecule has 16 heavy (non-hydrogen) atoms. The van der Waals surface area contributed by atoms with Gasteiger partial charge in [-0.3, -0.25) is 0 Å². The quantitative estimate of drug-likeness (QED) is 0.859. The summed E-state index contributed by atoms with van der Waals surface area (Å²) >= 11 is 0. The molecule has 0 bridgehead atoms. The molecule has 0 unspecified atom stereocenters. The maximum absolute atomic E-state index is 13.0. The van der Waals surface area contributed by atoms with Gasteiger partial charge in [0.05, 0.1) is 5.69 Å². The average Bonchev–Trinajstić information content (AvgIpc) is 2.30. The third-order valence-corrected chi connectivity index (χ3v) is 2.14. The number of hydrogen-bond acceptors (Lipinski definition) is 3. The molecule has 3 nitrogen and oxygen atoms in total. The second-order valence-corrected chi connectivity index (χ2v) is 3.34. The average molecular weight is 217 g/mol. The SMILES string of the molecule is CCNc1ccc(-c2cccc(F)c2)nn1. The molecule has 0 saturated carbocycles. The van der Waals surface area contributed by atoms with Crippen LogP contribution < -0.4 is 5.32 Å². The Morgan fingerprint density at radius 3 is 2.69 bits per heavy atom. The third-order valence-electron chi connectivity index (χ3n) is 2.14. The molecule has 0 spiro atoms. The Morgan fingerprint density at radius 2 is 2.06 bits per heavy atom. The summed E-state index contributed by atoms with van der Waals surface area (Å²) in [6.07, 6.45) is 0. The second-order valence-electron chi connectivity index (χ2n) is 3.34. The van der Waals surface area contributed by atoms with Gasteiger partial charge in [0.1, 0.15) is 11.6 Å². The molecule has 1 heterocycles. The molecule has 0 fully saturated rings. The Hall–Kier alpha value is -1.97. The molecule has 0 aliphatic rings. The summed E-state index contributed by atoms with van der Waals surface area (Å²) in [5.74, 6) is 0.456. The highest BCUT2D eigenvalue weighted by Gasteiger charge is 2.01. The maximum atomic E-state index is 13.0. The highest BCUT2D eigenvalue weighted by Crippen LogP contribution is 2.17. The molecular formula is C12H12FN3. The molecule has 0 saturated heterocycles. The molecule has 82 valence electrons. The third kappa shape index (κ3) is 2.34. The number of anilines is 1. The minimum Gasteiger partial charge on any atom is -0.369 e. The molecule has 4 heteroatoms. The van der Waals surface area contributed by atoms with Crippen LogP contribution in [0, 0.1) is 5.82 Å². The van der Waals surface area contributed by atoms with E-state index in [1.807, 2.05) is 19.1 Å². The van der Waals surface area contributed by atoms with Crippen molar-refractivity contribution >= 4 is 5.82 Å². The van der Waals surface area contributed by atoms with Crippen molar-refractivity contribution in [2.75, 3.05) is 11.9 Å². The lowest BCUT2D eigenvalue weighted by Crippen LogP contribution is -2.00. The first-order valence-corrected chi connectivity index (χ1v) is 5.13. The van der Waals surface area contributed by atoms with E-state index in [-0.39, 0.29) is 5.82 Å². The number of nitrogens with zero attached hydrogens (tertiary/aromatic N) is 2. The Labute approximate surface area is 93.3 Å². The fourth-order valence-electron chi connectivity index (χ4n) is 1.41. The van der Waals surface area contributed by atoms with Crippen LogP contribution in [0.5, 0.6) is 0 Å². The van der Waals surface area contributed by atoms with Crippen molar-refractivity contribution in [1.29, 1.82) is 0 Å². The van der Waals surface area contributed by atoms with Crippen molar-refractivity contribution in [3.63, 3.8) is 0 Å². The van der Waals surface area contributed by atoms with Crippen LogP contribution in [0.1, 0.15) is 6.92 Å². The van der Waals surface area contributed by atoms with Crippen molar-refractivity contribution in [1.82, 2.24) is 10.2 Å². The number of nitrogens with one attached hydrogen (secondary N) is 1. The van der Waals surface area contributed by atoms with Crippen LogP contribution >= 0.6 is 0 Å². The summed E-state index contributed by atoms with van der Waals surface area (Å²) in [7, 11) is 0. The van der Waals surface area contributed by atoms with Gasteiger partial charge in [0.15, 0.2) is 0 Å². The van der Waals surface area contributed by atoms with Crippen LogP contribution in [-0.4, -0.2) is 16.7 Å². The zero-order valence-corrected chi connectivity index (χ0v) is 8.94. The maximum Gasteiger partial charge on any atom is 0.148 e. The van der Waals surface area contributed by atoms with Gasteiger partial charge in [-0.1, -0.05) is 12.1 Å². The van der Waals surface area contributed by atoms with Gasteiger partial charge in [-0.05, 0) is 31.2 Å². The van der Waals surface area contributed by atoms with Crippen molar-refractivity contribution in [2.24, 2.45) is 0 Å². The summed E-state index contributed by atoms with van der Waals surface area (Å²) in [5, 5.41) is 11.1. The predicted octanol–water partition coefficient (Wildman–Crippen LogP) is 2.71. The molecule has 2 rings (SSSR count). The lowest BCUT2D eigenvalue weighted by Gasteiger charge is -2.03. The summed E-state index contributed by atoms with van der Waals surface area (Å²) in [4.78, 5) is 0. The standard InChI is InChI=1S/C12H12FN3/c1-2-14-12-7-6-11(15-16-12)9-4-3-5-10(13)8-9/h3-8H,2H2,1H3,(H,14,16). The normalized spacial score (nSPS) is 10.1. The molecule has 0 amide bonds. The van der Waals surface area contributed by atoms with Crippen LogP contribution in [0.2, 0.25) is 0 Å². The molecule has 1 N–H and O–H groups in total. The first kappa shape index (κ1) is 10.5. The highest BCUT2D eigenvalue weighted by molar-refractivity contribution is 5.59. The van der Waals surface area contributed by atoms with Gasteiger partial charge >= 0.3 is 0 Å². The van der Waals surface area contributed by atoms with Crippen LogP contribution in [-0.2, 0) is 0 Å². The Morgan fingerprint density at radius 1 is 1.19 bits per heavy atom. The summed E-state index contributed by atoms with van der Waals surface area (Å²) in [6.45, 7) is 2.79. The van der Waals surface area contributed by atoms with Gasteiger partial charge in [-0.25, -0.2) is 4.39 Å².